The lowest BCUT2D eigenvalue weighted by molar-refractivity contribution is -0.177. The summed E-state index contributed by atoms with van der Waals surface area (Å²) in [7, 11) is 0. The van der Waals surface area contributed by atoms with E-state index in [0.717, 1.165) is 12.1 Å². The second-order valence-electron chi connectivity index (χ2n) is 5.48. The molecule has 5 nitrogen and oxygen atoms in total. The van der Waals surface area contributed by atoms with Crippen LogP contribution >= 0.6 is 11.6 Å². The zero-order valence-corrected chi connectivity index (χ0v) is 13.6. The predicted molar refractivity (Wildman–Crippen MR) is 82.3 cm³/mol. The Morgan fingerprint density at radius 2 is 1.92 bits per heavy atom. The SMILES string of the molecule is O=C1OC(c2cccc(C(F)(F)F)c2)N(F)N1Cc1cc(Cl)ccc1O. The first-order chi connectivity index (χ1) is 12.2. The van der Waals surface area contributed by atoms with Crippen molar-refractivity contribution in [1.82, 2.24) is 10.2 Å². The molecule has 138 valence electrons. The van der Waals surface area contributed by atoms with E-state index < -0.39 is 30.6 Å². The number of hydrogen-bond acceptors (Lipinski definition) is 4. The van der Waals surface area contributed by atoms with Crippen LogP contribution in [0.3, 0.4) is 0 Å². The molecule has 1 aliphatic rings. The van der Waals surface area contributed by atoms with Gasteiger partial charge in [-0.2, -0.15) is 13.2 Å². The normalized spacial score (nSPS) is 18.3. The molecule has 2 aromatic carbocycles. The van der Waals surface area contributed by atoms with E-state index in [9.17, 15) is 27.6 Å². The maximum absolute atomic E-state index is 14.6. The van der Waals surface area contributed by atoms with Gasteiger partial charge in [-0.3, -0.25) is 0 Å². The minimum Gasteiger partial charge on any atom is -0.508 e. The highest BCUT2D eigenvalue weighted by Gasteiger charge is 2.42. The van der Waals surface area contributed by atoms with Crippen molar-refractivity contribution in [2.75, 3.05) is 0 Å². The maximum atomic E-state index is 14.6. The number of halogens is 5. The summed E-state index contributed by atoms with van der Waals surface area (Å²) in [6, 6.07) is 7.82. The number of carbonyl (C=O) groups excluding carboxylic acids is 1. The summed E-state index contributed by atoms with van der Waals surface area (Å²) in [6.07, 6.45) is -7.41. The fourth-order valence-corrected chi connectivity index (χ4v) is 2.63. The number of ether oxygens (including phenoxy) is 1. The molecule has 0 aromatic heterocycles. The Kier molecular flexibility index (Phi) is 4.68. The zero-order chi connectivity index (χ0) is 19.1. The number of rotatable bonds is 3. The van der Waals surface area contributed by atoms with E-state index >= 15 is 0 Å². The quantitative estimate of drug-likeness (QED) is 0.603. The van der Waals surface area contributed by atoms with Gasteiger partial charge in [0.25, 0.3) is 0 Å². The van der Waals surface area contributed by atoms with Crippen LogP contribution in [0.15, 0.2) is 42.5 Å². The highest BCUT2D eigenvalue weighted by atomic mass is 35.5. The third-order valence-corrected chi connectivity index (χ3v) is 3.94. The number of benzene rings is 2. The Hall–Kier alpha value is -2.52. The second-order valence-corrected chi connectivity index (χ2v) is 5.92. The first kappa shape index (κ1) is 18.3. The number of phenolic OH excluding ortho intramolecular Hbond substituents is 1. The number of alkyl halides is 3. The lowest BCUT2D eigenvalue weighted by Gasteiger charge is -2.20. The summed E-state index contributed by atoms with van der Waals surface area (Å²) in [5.41, 5.74) is -1.04. The molecule has 1 heterocycles. The summed E-state index contributed by atoms with van der Waals surface area (Å²) in [5.74, 6) is -0.224. The zero-order valence-electron chi connectivity index (χ0n) is 12.9. The van der Waals surface area contributed by atoms with Gasteiger partial charge in [-0.05, 0) is 35.6 Å². The van der Waals surface area contributed by atoms with Gasteiger partial charge in [0, 0.05) is 16.1 Å². The smallest absolute Gasteiger partial charge is 0.428 e. The lowest BCUT2D eigenvalue weighted by Crippen LogP contribution is -2.33. The summed E-state index contributed by atoms with van der Waals surface area (Å²) in [4.78, 5) is 11.9. The molecule has 0 saturated carbocycles. The summed E-state index contributed by atoms with van der Waals surface area (Å²) in [5, 5.41) is 10.4. The molecule has 1 amide bonds. The number of hydrogen-bond donors (Lipinski definition) is 1. The molecule has 1 fully saturated rings. The van der Waals surface area contributed by atoms with Gasteiger partial charge in [0.1, 0.15) is 5.75 Å². The van der Waals surface area contributed by atoms with E-state index in [1.54, 1.807) is 0 Å². The third kappa shape index (κ3) is 3.54. The van der Waals surface area contributed by atoms with E-state index in [1.165, 1.54) is 24.3 Å². The van der Waals surface area contributed by atoms with Crippen LogP contribution in [0.2, 0.25) is 5.02 Å². The predicted octanol–water partition coefficient (Wildman–Crippen LogP) is 4.82. The number of phenols is 1. The van der Waals surface area contributed by atoms with Crippen molar-refractivity contribution in [1.29, 1.82) is 0 Å². The number of nitrogens with zero attached hydrogens (tertiary/aromatic N) is 2. The lowest BCUT2D eigenvalue weighted by atomic mass is 10.1. The summed E-state index contributed by atoms with van der Waals surface area (Å²) >= 11 is 5.80. The van der Waals surface area contributed by atoms with Gasteiger partial charge < -0.3 is 9.84 Å². The topological polar surface area (TPSA) is 53.0 Å². The average molecular weight is 391 g/mol. The van der Waals surface area contributed by atoms with Gasteiger partial charge in [-0.15, -0.1) is 4.48 Å². The Labute approximate surface area is 149 Å². The first-order valence-corrected chi connectivity index (χ1v) is 7.62. The van der Waals surface area contributed by atoms with Crippen molar-refractivity contribution in [2.45, 2.75) is 18.9 Å². The Balaban J connectivity index is 1.85. The van der Waals surface area contributed by atoms with Gasteiger partial charge >= 0.3 is 12.3 Å². The highest BCUT2D eigenvalue weighted by molar-refractivity contribution is 6.30. The molecule has 3 rings (SSSR count). The van der Waals surface area contributed by atoms with Crippen LogP contribution in [0.4, 0.5) is 22.4 Å². The van der Waals surface area contributed by atoms with Crippen LogP contribution in [-0.4, -0.2) is 21.4 Å². The molecule has 1 N–H and O–H groups in total. The Bertz CT molecular complexity index is 846. The van der Waals surface area contributed by atoms with Gasteiger partial charge in [0.15, 0.2) is 0 Å². The molecule has 1 atom stereocenters. The van der Waals surface area contributed by atoms with E-state index in [-0.39, 0.29) is 27.1 Å². The van der Waals surface area contributed by atoms with Crippen LogP contribution < -0.4 is 0 Å². The molecule has 2 aromatic rings. The molecule has 26 heavy (non-hydrogen) atoms. The van der Waals surface area contributed by atoms with Crippen molar-refractivity contribution in [3.8, 4) is 5.75 Å². The molecule has 0 bridgehead atoms. The summed E-state index contributed by atoms with van der Waals surface area (Å²) in [6.45, 7) is -0.419. The largest absolute Gasteiger partial charge is 0.508 e. The number of carbonyl (C=O) groups is 1. The second kappa shape index (κ2) is 6.65. The maximum Gasteiger partial charge on any atom is 0.428 e. The fourth-order valence-electron chi connectivity index (χ4n) is 2.44. The van der Waals surface area contributed by atoms with Gasteiger partial charge in [-0.25, -0.2) is 9.80 Å². The van der Waals surface area contributed by atoms with Crippen LogP contribution in [0.25, 0.3) is 0 Å². The Morgan fingerprint density at radius 1 is 1.19 bits per heavy atom. The van der Waals surface area contributed by atoms with E-state index in [2.05, 4.69) is 0 Å². The van der Waals surface area contributed by atoms with Crippen molar-refractivity contribution in [3.63, 3.8) is 0 Å². The molecule has 1 aliphatic heterocycles. The first-order valence-electron chi connectivity index (χ1n) is 7.24. The molecule has 10 heteroatoms. The van der Waals surface area contributed by atoms with Crippen LogP contribution in [0.1, 0.15) is 22.9 Å². The van der Waals surface area contributed by atoms with Crippen LogP contribution in [0.5, 0.6) is 5.75 Å². The minimum absolute atomic E-state index is 0.127. The van der Waals surface area contributed by atoms with E-state index in [0.29, 0.717) is 11.1 Å². The van der Waals surface area contributed by atoms with Crippen molar-refractivity contribution in [2.24, 2.45) is 0 Å². The van der Waals surface area contributed by atoms with E-state index in [1.807, 2.05) is 0 Å². The van der Waals surface area contributed by atoms with Crippen molar-refractivity contribution in [3.05, 3.63) is 64.2 Å². The van der Waals surface area contributed by atoms with Crippen LogP contribution in [-0.2, 0) is 17.5 Å². The standard InChI is InChI=1S/C16H11ClF4N2O3/c17-12-4-5-13(24)10(7-12)8-22-15(25)26-14(23(22)21)9-2-1-3-11(6-9)16(18,19)20/h1-7,14,24H,8H2. The number of cyclic esters (lactones) is 1. The number of amides is 1. The van der Waals surface area contributed by atoms with E-state index in [4.69, 9.17) is 16.3 Å². The number of aromatic hydroxyl groups is 1. The molecular formula is C16H11ClF4N2O3. The van der Waals surface area contributed by atoms with Crippen molar-refractivity contribution < 1.29 is 32.3 Å². The van der Waals surface area contributed by atoms with Crippen molar-refractivity contribution >= 4 is 17.7 Å². The Morgan fingerprint density at radius 3 is 2.62 bits per heavy atom. The highest BCUT2D eigenvalue weighted by Crippen LogP contribution is 2.37. The van der Waals surface area contributed by atoms with Gasteiger partial charge in [0.05, 0.1) is 12.1 Å². The third-order valence-electron chi connectivity index (χ3n) is 3.71. The monoisotopic (exact) mass is 390 g/mol. The molecule has 1 saturated heterocycles. The molecule has 1 unspecified atom stereocenters. The van der Waals surface area contributed by atoms with Gasteiger partial charge in [0.2, 0.25) is 6.23 Å². The molecule has 0 radical (unpaired) electrons. The average Bonchev–Trinajstić information content (AvgIpc) is 2.85. The number of hydrazine groups is 1. The fraction of sp³-hybridized carbons (Fsp3) is 0.188. The van der Waals surface area contributed by atoms with Gasteiger partial charge in [-0.1, -0.05) is 23.7 Å². The molecule has 0 aliphatic carbocycles. The van der Waals surface area contributed by atoms with Crippen LogP contribution in [0, 0.1) is 0 Å². The molecular weight excluding hydrogens is 380 g/mol. The molecule has 0 spiro atoms. The minimum atomic E-state index is -4.62. The summed E-state index contributed by atoms with van der Waals surface area (Å²) < 4.78 is 57.8.